The number of carbonyl (C=O) groups excluding carboxylic acids is 2. The van der Waals surface area contributed by atoms with Gasteiger partial charge in [0.1, 0.15) is 10.0 Å². The number of anilines is 1. The third kappa shape index (κ3) is 4.63. The quantitative estimate of drug-likeness (QED) is 0.557. The number of halogens is 1. The molecule has 0 radical (unpaired) electrons. The zero-order valence-corrected chi connectivity index (χ0v) is 16.0. The van der Waals surface area contributed by atoms with Gasteiger partial charge in [-0.15, -0.1) is 0 Å². The first-order valence-corrected chi connectivity index (χ1v) is 9.15. The largest absolute Gasteiger partial charge is 0.481 e. The summed E-state index contributed by atoms with van der Waals surface area (Å²) in [5.41, 5.74) is 0.223. The molecule has 0 saturated heterocycles. The van der Waals surface area contributed by atoms with E-state index in [4.69, 9.17) is 16.3 Å². The molecule has 0 aliphatic rings. The second-order valence-corrected chi connectivity index (χ2v) is 7.03. The Morgan fingerprint density at radius 1 is 1.15 bits per heavy atom. The average Bonchev–Trinajstić information content (AvgIpc) is 2.63. The van der Waals surface area contributed by atoms with Crippen LogP contribution in [0.15, 0.2) is 29.2 Å². The van der Waals surface area contributed by atoms with Crippen LogP contribution in [0.2, 0.25) is 5.15 Å². The van der Waals surface area contributed by atoms with Crippen molar-refractivity contribution >= 4 is 39.6 Å². The number of nitrogens with zero attached hydrogens (tertiary/aromatic N) is 2. The molecule has 10 nitrogen and oxygen atoms in total. The SMILES string of the molecule is COC(=O)c1ccccc1S(=O)(=O)NC(=O)Nc1nc(Cl)c(C)c(OC)n1. The molecule has 0 aliphatic heterocycles. The third-order valence-corrected chi connectivity index (χ3v) is 5.03. The molecule has 2 aromatic rings. The molecular formula is C15H15ClN4O6S. The Morgan fingerprint density at radius 3 is 2.44 bits per heavy atom. The Kier molecular flexibility index (Phi) is 6.18. The van der Waals surface area contributed by atoms with Gasteiger partial charge in [-0.25, -0.2) is 27.7 Å². The summed E-state index contributed by atoms with van der Waals surface area (Å²) >= 11 is 5.91. The first kappa shape index (κ1) is 20.4. The fourth-order valence-corrected chi connectivity index (χ4v) is 3.27. The molecular weight excluding hydrogens is 400 g/mol. The van der Waals surface area contributed by atoms with E-state index in [9.17, 15) is 18.0 Å². The molecule has 12 heteroatoms. The number of methoxy groups -OCH3 is 2. The molecule has 2 amide bonds. The van der Waals surface area contributed by atoms with Crippen LogP contribution in [0.25, 0.3) is 0 Å². The molecule has 2 rings (SSSR count). The van der Waals surface area contributed by atoms with Crippen molar-refractivity contribution in [1.82, 2.24) is 14.7 Å². The molecule has 0 atom stereocenters. The summed E-state index contributed by atoms with van der Waals surface area (Å²) in [5.74, 6) is -1.02. The topological polar surface area (TPSA) is 137 Å². The van der Waals surface area contributed by atoms with Crippen LogP contribution in [-0.4, -0.2) is 44.6 Å². The monoisotopic (exact) mass is 414 g/mol. The standard InChI is InChI=1S/C15H15ClN4O6S/c1-8-11(16)17-14(18-12(8)25-2)19-15(22)20-27(23,24)10-7-5-4-6-9(10)13(21)26-3/h4-7H,1-3H3,(H2,17,18,19,20,22). The van der Waals surface area contributed by atoms with Crippen LogP contribution in [-0.2, 0) is 14.8 Å². The minimum absolute atomic E-state index is 0.0241. The fourth-order valence-electron chi connectivity index (χ4n) is 2.01. The maximum Gasteiger partial charge on any atom is 0.339 e. The van der Waals surface area contributed by atoms with Gasteiger partial charge in [-0.2, -0.15) is 4.98 Å². The van der Waals surface area contributed by atoms with E-state index in [1.165, 1.54) is 25.3 Å². The highest BCUT2D eigenvalue weighted by Gasteiger charge is 2.25. The molecule has 0 fully saturated rings. The molecule has 1 aromatic heterocycles. The molecule has 27 heavy (non-hydrogen) atoms. The third-order valence-electron chi connectivity index (χ3n) is 3.27. The number of hydrogen-bond acceptors (Lipinski definition) is 8. The lowest BCUT2D eigenvalue weighted by molar-refractivity contribution is 0.0596. The van der Waals surface area contributed by atoms with E-state index in [1.54, 1.807) is 11.6 Å². The number of nitrogens with one attached hydrogen (secondary N) is 2. The van der Waals surface area contributed by atoms with Crippen LogP contribution >= 0.6 is 11.6 Å². The molecule has 0 unspecified atom stereocenters. The smallest absolute Gasteiger partial charge is 0.339 e. The number of carbonyl (C=O) groups is 2. The first-order chi connectivity index (χ1) is 12.7. The van der Waals surface area contributed by atoms with Gasteiger partial charge in [-0.1, -0.05) is 23.7 Å². The van der Waals surface area contributed by atoms with Gasteiger partial charge >= 0.3 is 12.0 Å². The summed E-state index contributed by atoms with van der Waals surface area (Å²) in [6.07, 6.45) is 0. The van der Waals surface area contributed by atoms with Crippen LogP contribution in [0.1, 0.15) is 15.9 Å². The lowest BCUT2D eigenvalue weighted by Crippen LogP contribution is -2.35. The first-order valence-electron chi connectivity index (χ1n) is 7.29. The number of aromatic nitrogens is 2. The van der Waals surface area contributed by atoms with E-state index in [-0.39, 0.29) is 22.5 Å². The number of esters is 1. The minimum Gasteiger partial charge on any atom is -0.481 e. The van der Waals surface area contributed by atoms with Crippen LogP contribution in [0, 0.1) is 6.92 Å². The van der Waals surface area contributed by atoms with Crippen LogP contribution < -0.4 is 14.8 Å². The van der Waals surface area contributed by atoms with Crippen LogP contribution in [0.5, 0.6) is 5.88 Å². The van der Waals surface area contributed by atoms with Gasteiger partial charge in [0.05, 0.1) is 19.8 Å². The molecule has 144 valence electrons. The second kappa shape index (κ2) is 8.18. The van der Waals surface area contributed by atoms with Crippen LogP contribution in [0.3, 0.4) is 0 Å². The molecule has 2 N–H and O–H groups in total. The van der Waals surface area contributed by atoms with Crippen molar-refractivity contribution in [2.45, 2.75) is 11.8 Å². The van der Waals surface area contributed by atoms with Crippen LogP contribution in [0.4, 0.5) is 10.7 Å². The molecule has 1 heterocycles. The predicted molar refractivity (Wildman–Crippen MR) is 95.5 cm³/mol. The Labute approximate surface area is 159 Å². The Hall–Kier alpha value is -2.92. The lowest BCUT2D eigenvalue weighted by atomic mass is 10.2. The van der Waals surface area contributed by atoms with Crippen molar-refractivity contribution in [3.8, 4) is 5.88 Å². The number of sulfonamides is 1. The van der Waals surface area contributed by atoms with Gasteiger partial charge in [-0.05, 0) is 19.1 Å². The van der Waals surface area contributed by atoms with E-state index in [2.05, 4.69) is 20.0 Å². The zero-order valence-electron chi connectivity index (χ0n) is 14.4. The molecule has 1 aromatic carbocycles. The van der Waals surface area contributed by atoms with E-state index >= 15 is 0 Å². The number of ether oxygens (including phenoxy) is 2. The van der Waals surface area contributed by atoms with Crippen molar-refractivity contribution in [2.24, 2.45) is 0 Å². The van der Waals surface area contributed by atoms with Crippen molar-refractivity contribution in [3.63, 3.8) is 0 Å². The van der Waals surface area contributed by atoms with E-state index in [1.807, 2.05) is 0 Å². The summed E-state index contributed by atoms with van der Waals surface area (Å²) < 4.78 is 36.2. The number of benzene rings is 1. The van der Waals surface area contributed by atoms with Gasteiger partial charge < -0.3 is 9.47 Å². The van der Waals surface area contributed by atoms with Gasteiger partial charge in [0, 0.05) is 5.56 Å². The highest BCUT2D eigenvalue weighted by Crippen LogP contribution is 2.23. The fraction of sp³-hybridized carbons (Fsp3) is 0.200. The summed E-state index contributed by atoms with van der Waals surface area (Å²) in [6.45, 7) is 1.61. The van der Waals surface area contributed by atoms with E-state index in [0.29, 0.717) is 5.56 Å². The van der Waals surface area contributed by atoms with Gasteiger partial charge in [0.2, 0.25) is 11.8 Å². The normalized spacial score (nSPS) is 10.8. The molecule has 0 saturated carbocycles. The van der Waals surface area contributed by atoms with Crippen molar-refractivity contribution in [3.05, 3.63) is 40.5 Å². The summed E-state index contributed by atoms with van der Waals surface area (Å²) in [6, 6.07) is 4.11. The van der Waals surface area contributed by atoms with Gasteiger partial charge in [0.25, 0.3) is 10.0 Å². The highest BCUT2D eigenvalue weighted by molar-refractivity contribution is 7.90. The Balaban J connectivity index is 2.26. The Morgan fingerprint density at radius 2 is 1.81 bits per heavy atom. The van der Waals surface area contributed by atoms with Crippen molar-refractivity contribution in [2.75, 3.05) is 19.5 Å². The van der Waals surface area contributed by atoms with Gasteiger partial charge in [0.15, 0.2) is 0 Å². The highest BCUT2D eigenvalue weighted by atomic mass is 35.5. The number of urea groups is 1. The number of amides is 2. The number of hydrogen-bond donors (Lipinski definition) is 2. The maximum atomic E-state index is 12.4. The molecule has 0 spiro atoms. The summed E-state index contributed by atoms with van der Waals surface area (Å²) in [4.78, 5) is 31.1. The predicted octanol–water partition coefficient (Wildman–Crippen LogP) is 1.74. The summed E-state index contributed by atoms with van der Waals surface area (Å²) in [5, 5.41) is 2.17. The second-order valence-electron chi connectivity index (χ2n) is 5.02. The maximum absolute atomic E-state index is 12.4. The average molecular weight is 415 g/mol. The van der Waals surface area contributed by atoms with E-state index in [0.717, 1.165) is 13.2 Å². The van der Waals surface area contributed by atoms with Crippen molar-refractivity contribution < 1.29 is 27.5 Å². The van der Waals surface area contributed by atoms with Gasteiger partial charge in [-0.3, -0.25) is 5.32 Å². The molecule has 0 aliphatic carbocycles. The zero-order chi connectivity index (χ0) is 20.2. The van der Waals surface area contributed by atoms with Crippen molar-refractivity contribution in [1.29, 1.82) is 0 Å². The lowest BCUT2D eigenvalue weighted by Gasteiger charge is -2.11. The molecule has 0 bridgehead atoms. The van der Waals surface area contributed by atoms with E-state index < -0.39 is 26.9 Å². The Bertz CT molecular complexity index is 996. The summed E-state index contributed by atoms with van der Waals surface area (Å²) in [7, 11) is -1.92. The number of rotatable bonds is 5. The minimum atomic E-state index is -4.38.